The standard InChI is InChI=1S/C47H47N15O6S5.O3S/c1-10-61(11-2)31-19-21-33(55-57-43-41(48-8)39(59-70-43)29-17-15-27(6)37(23-29)72(63,64)65)35(25-31)50-45-52-46(54-47(53-45)69-14-5)51-36-26-32(62(12-3)13-4)20-22-34(36)56-58-44-42(49-9)40(60-71-44)30-18-16-28(7)38(24-30)73(66,67)68;1-4(2)3/h15-26H,10-14H2,1-7H3,(H,63,64,65)(H,66,67,68)(H2,50,51,52,53,54);. The molecule has 0 unspecified atom stereocenters. The van der Waals surface area contributed by atoms with Crippen LogP contribution >= 0.6 is 34.8 Å². The summed E-state index contributed by atoms with van der Waals surface area (Å²) in [7, 11) is -12.2. The fraction of sp³-hybridized carbons (Fsp3) is 0.255. The Labute approximate surface area is 458 Å². The third-order valence-corrected chi connectivity index (χ3v) is 15.3. The largest absolute Gasteiger partial charge is 0.425 e. The van der Waals surface area contributed by atoms with Gasteiger partial charge in [0, 0.05) is 37.6 Å². The van der Waals surface area contributed by atoms with E-state index in [1.165, 1.54) is 36.0 Å². The molecule has 0 amide bonds. The summed E-state index contributed by atoms with van der Waals surface area (Å²) >= 11 is 3.21. The third kappa shape index (κ3) is 14.6. The number of thioether (sulfide) groups is 1. The quantitative estimate of drug-likeness (QED) is 0.0238. The van der Waals surface area contributed by atoms with Gasteiger partial charge in [0.25, 0.3) is 31.6 Å². The molecule has 0 aliphatic heterocycles. The Morgan fingerprint density at radius 1 is 0.610 bits per heavy atom. The fourth-order valence-electron chi connectivity index (χ4n) is 7.41. The van der Waals surface area contributed by atoms with Gasteiger partial charge in [0.1, 0.15) is 11.4 Å². The summed E-state index contributed by atoms with van der Waals surface area (Å²) < 4.78 is 102. The van der Waals surface area contributed by atoms with Gasteiger partial charge in [0.15, 0.2) is 15.2 Å². The van der Waals surface area contributed by atoms with E-state index in [9.17, 15) is 25.9 Å². The van der Waals surface area contributed by atoms with Gasteiger partial charge in [-0.15, -0.1) is 33.1 Å². The molecule has 400 valence electrons. The van der Waals surface area contributed by atoms with E-state index in [0.29, 0.717) is 82.1 Å². The minimum atomic E-state index is -4.54. The second-order valence-corrected chi connectivity index (χ2v) is 21.7. The summed E-state index contributed by atoms with van der Waals surface area (Å²) in [4.78, 5) is 25.3. The van der Waals surface area contributed by atoms with Crippen LogP contribution in [-0.2, 0) is 30.8 Å². The molecule has 3 heterocycles. The molecule has 0 fully saturated rings. The normalized spacial score (nSPS) is 11.5. The first-order valence-electron chi connectivity index (χ1n) is 22.9. The Bertz CT molecular complexity index is 3600. The molecule has 0 radical (unpaired) electrons. The van der Waals surface area contributed by atoms with E-state index in [-0.39, 0.29) is 54.5 Å². The monoisotopic (exact) mass is 1160 g/mol. The number of hydrogen-bond acceptors (Lipinski definition) is 23. The lowest BCUT2D eigenvalue weighted by molar-refractivity contribution is 0.480. The van der Waals surface area contributed by atoms with Crippen LogP contribution in [0.3, 0.4) is 0 Å². The summed E-state index contributed by atoms with van der Waals surface area (Å²) in [5.74, 6) is 0.955. The first-order valence-corrected chi connectivity index (χ1v) is 29.3. The molecule has 24 nitrogen and oxygen atoms in total. The van der Waals surface area contributed by atoms with Crippen molar-refractivity contribution in [1.82, 2.24) is 23.7 Å². The highest BCUT2D eigenvalue weighted by Gasteiger charge is 2.23. The van der Waals surface area contributed by atoms with Crippen LogP contribution in [0.15, 0.2) is 108 Å². The smallest absolute Gasteiger partial charge is 0.372 e. The first-order chi connectivity index (χ1) is 36.7. The Hall–Kier alpha value is -7.68. The van der Waals surface area contributed by atoms with Gasteiger partial charge in [-0.2, -0.15) is 31.8 Å². The summed E-state index contributed by atoms with van der Waals surface area (Å²) in [6.45, 7) is 32.1. The lowest BCUT2D eigenvalue weighted by atomic mass is 10.1. The van der Waals surface area contributed by atoms with Crippen LogP contribution in [0.25, 0.3) is 32.2 Å². The molecule has 0 saturated carbocycles. The number of azo groups is 2. The van der Waals surface area contributed by atoms with E-state index in [1.54, 1.807) is 38.1 Å². The molecule has 0 bridgehead atoms. The number of nitrogens with zero attached hydrogens (tertiary/aromatic N) is 13. The van der Waals surface area contributed by atoms with Gasteiger partial charge < -0.3 is 20.4 Å². The van der Waals surface area contributed by atoms with Gasteiger partial charge in [-0.1, -0.05) is 43.0 Å². The van der Waals surface area contributed by atoms with E-state index in [0.717, 1.165) is 34.4 Å². The van der Waals surface area contributed by atoms with Crippen LogP contribution < -0.4 is 20.4 Å². The molecule has 4 aromatic carbocycles. The number of hydrogen-bond donors (Lipinski definition) is 4. The average Bonchev–Trinajstić information content (AvgIpc) is 4.00. The van der Waals surface area contributed by atoms with E-state index in [4.69, 9.17) is 40.7 Å². The molecule has 0 aliphatic carbocycles. The summed E-state index contributed by atoms with van der Waals surface area (Å²) in [6.07, 6.45) is 0. The Morgan fingerprint density at radius 2 is 1.00 bits per heavy atom. The van der Waals surface area contributed by atoms with Crippen molar-refractivity contribution in [3.63, 3.8) is 0 Å². The molecule has 3 aromatic heterocycles. The highest BCUT2D eigenvalue weighted by atomic mass is 32.2. The van der Waals surface area contributed by atoms with Crippen LogP contribution in [0.4, 0.5) is 67.4 Å². The van der Waals surface area contributed by atoms with Gasteiger partial charge in [-0.3, -0.25) is 9.11 Å². The van der Waals surface area contributed by atoms with Crippen LogP contribution in [0.2, 0.25) is 0 Å². The van der Waals surface area contributed by atoms with Crippen molar-refractivity contribution >= 4 is 133 Å². The molecular weight excluding hydrogens is 1110 g/mol. The maximum atomic E-state index is 12.1. The van der Waals surface area contributed by atoms with Crippen LogP contribution in [0.5, 0.6) is 0 Å². The molecule has 0 spiro atoms. The van der Waals surface area contributed by atoms with E-state index >= 15 is 0 Å². The van der Waals surface area contributed by atoms with Crippen molar-refractivity contribution in [3.8, 4) is 22.5 Å². The molecule has 0 atom stereocenters. The maximum Gasteiger partial charge on any atom is 0.425 e. The molecule has 7 rings (SSSR count). The molecule has 30 heteroatoms. The predicted octanol–water partition coefficient (Wildman–Crippen LogP) is 12.4. The second-order valence-electron chi connectivity index (χ2n) is 15.8. The van der Waals surface area contributed by atoms with Crippen molar-refractivity contribution in [2.24, 2.45) is 20.5 Å². The highest BCUT2D eigenvalue weighted by Crippen LogP contribution is 2.46. The topological polar surface area (TPSA) is 313 Å². The highest BCUT2D eigenvalue weighted by molar-refractivity contribution is 7.99. The zero-order valence-corrected chi connectivity index (χ0v) is 46.9. The van der Waals surface area contributed by atoms with Crippen LogP contribution in [0.1, 0.15) is 45.7 Å². The number of aryl methyl sites for hydroxylation is 2. The van der Waals surface area contributed by atoms with E-state index in [1.807, 2.05) is 58.9 Å². The zero-order valence-electron chi connectivity index (χ0n) is 42.0. The molecule has 77 heavy (non-hydrogen) atoms. The van der Waals surface area contributed by atoms with Crippen molar-refractivity contribution < 1.29 is 38.6 Å². The van der Waals surface area contributed by atoms with Gasteiger partial charge in [0.05, 0.1) is 45.7 Å². The van der Waals surface area contributed by atoms with Crippen molar-refractivity contribution in [1.29, 1.82) is 0 Å². The fourth-order valence-corrected chi connectivity index (χ4v) is 10.8. The lowest BCUT2D eigenvalue weighted by Gasteiger charge is -2.22. The number of nitrogens with one attached hydrogen (secondary N) is 2. The molecule has 4 N–H and O–H groups in total. The summed E-state index contributed by atoms with van der Waals surface area (Å²) in [5, 5.41) is 25.4. The minimum absolute atomic E-state index is 0.0503. The van der Waals surface area contributed by atoms with E-state index < -0.39 is 30.8 Å². The maximum absolute atomic E-state index is 12.1. The van der Waals surface area contributed by atoms with Crippen molar-refractivity contribution in [2.45, 2.75) is 63.4 Å². The Morgan fingerprint density at radius 3 is 1.34 bits per heavy atom. The molecule has 0 saturated heterocycles. The Balaban J connectivity index is 0.00000232. The minimum Gasteiger partial charge on any atom is -0.372 e. The predicted molar refractivity (Wildman–Crippen MR) is 298 cm³/mol. The average molecular weight is 1160 g/mol. The van der Waals surface area contributed by atoms with Gasteiger partial charge in [-0.05, 0) is 141 Å². The van der Waals surface area contributed by atoms with Crippen LogP contribution in [-0.4, -0.2) is 94.2 Å². The number of aromatic nitrogens is 5. The zero-order chi connectivity index (χ0) is 56.2. The number of anilines is 6. The van der Waals surface area contributed by atoms with Crippen molar-refractivity contribution in [3.05, 3.63) is 107 Å². The molecule has 0 aliphatic rings. The van der Waals surface area contributed by atoms with Gasteiger partial charge in [-0.25, -0.2) is 18.4 Å². The summed E-state index contributed by atoms with van der Waals surface area (Å²) in [6, 6.07) is 20.0. The lowest BCUT2D eigenvalue weighted by Crippen LogP contribution is -2.21. The first kappa shape index (κ1) is 58.6. The third-order valence-electron chi connectivity index (χ3n) is 11.1. The molecule has 7 aromatic rings. The summed E-state index contributed by atoms with van der Waals surface area (Å²) in [5.41, 5.74) is 5.19. The van der Waals surface area contributed by atoms with Crippen molar-refractivity contribution in [2.75, 3.05) is 52.4 Å². The Kier molecular flexibility index (Phi) is 19.7. The number of benzene rings is 4. The second kappa shape index (κ2) is 25.9. The molecular formula is C47H47N15O9S6. The van der Waals surface area contributed by atoms with E-state index in [2.05, 4.69) is 59.3 Å². The van der Waals surface area contributed by atoms with Gasteiger partial charge in [0.2, 0.25) is 11.9 Å². The SMILES string of the molecule is O=S(=O)=O.[C-]#[N+]c1c(-c2ccc(C)c(S(=O)(=O)O)c2)nsc1N=Nc1ccc(N(CC)CC)cc1Nc1nc(Nc2cc(N(CC)CC)ccc2N=Nc2snc(-c3ccc(C)c(S(=O)(=O)O)c3)c2[N+]#[C-])nc(SCC)n1. The van der Waals surface area contributed by atoms with Gasteiger partial charge >= 0.3 is 10.6 Å². The number of rotatable bonds is 20. The van der Waals surface area contributed by atoms with Crippen LogP contribution in [0, 0.1) is 27.0 Å².